The van der Waals surface area contributed by atoms with Crippen LogP contribution < -0.4 is 0 Å². The fraction of sp³-hybridized carbons (Fsp3) is 0.263. The van der Waals surface area contributed by atoms with Gasteiger partial charge in [-0.3, -0.25) is 0 Å². The molecule has 118 valence electrons. The fourth-order valence-corrected chi connectivity index (χ4v) is 2.71. The van der Waals surface area contributed by atoms with Crippen LogP contribution in [0, 0.1) is 27.7 Å². The zero-order valence-electron chi connectivity index (χ0n) is 14.0. The minimum atomic E-state index is -0.132. The molecule has 0 atom stereocenters. The predicted octanol–water partition coefficient (Wildman–Crippen LogP) is 3.66. The van der Waals surface area contributed by atoms with Crippen LogP contribution in [0.3, 0.4) is 0 Å². The highest BCUT2D eigenvalue weighted by atomic mass is 16.3. The van der Waals surface area contributed by atoms with Gasteiger partial charge in [-0.1, -0.05) is 29.5 Å². The minimum absolute atomic E-state index is 0.132. The van der Waals surface area contributed by atoms with Crippen molar-refractivity contribution in [3.8, 4) is 16.9 Å². The average Bonchev–Trinajstić information content (AvgIpc) is 2.96. The number of hydrogen-bond acceptors (Lipinski definition) is 3. The van der Waals surface area contributed by atoms with Gasteiger partial charge in [-0.15, -0.1) is 5.10 Å². The molecule has 0 radical (unpaired) electrons. The lowest BCUT2D eigenvalue weighted by molar-refractivity contribution is 0.277. The van der Waals surface area contributed by atoms with Gasteiger partial charge in [-0.05, 0) is 62.1 Å². The number of nitrogens with zero attached hydrogens (tertiary/aromatic N) is 3. The summed E-state index contributed by atoms with van der Waals surface area (Å²) in [5, 5.41) is 18.1. The van der Waals surface area contributed by atoms with Gasteiger partial charge in [0, 0.05) is 5.56 Å². The molecule has 0 fully saturated rings. The topological polar surface area (TPSA) is 50.9 Å². The third-order valence-electron chi connectivity index (χ3n) is 4.26. The van der Waals surface area contributed by atoms with E-state index in [4.69, 9.17) is 0 Å². The number of aromatic nitrogens is 3. The summed E-state index contributed by atoms with van der Waals surface area (Å²) >= 11 is 0. The summed E-state index contributed by atoms with van der Waals surface area (Å²) < 4.78 is 1.83. The van der Waals surface area contributed by atoms with Gasteiger partial charge in [-0.25, -0.2) is 4.68 Å². The highest BCUT2D eigenvalue weighted by Crippen LogP contribution is 2.28. The largest absolute Gasteiger partial charge is 0.390 e. The van der Waals surface area contributed by atoms with Crippen LogP contribution in [0.1, 0.15) is 27.9 Å². The van der Waals surface area contributed by atoms with Crippen LogP contribution in [0.25, 0.3) is 16.9 Å². The fourth-order valence-electron chi connectivity index (χ4n) is 2.71. The summed E-state index contributed by atoms with van der Waals surface area (Å²) in [6.45, 7) is 8.16. The number of hydrogen-bond donors (Lipinski definition) is 1. The van der Waals surface area contributed by atoms with E-state index in [-0.39, 0.29) is 6.61 Å². The minimum Gasteiger partial charge on any atom is -0.390 e. The Labute approximate surface area is 136 Å². The van der Waals surface area contributed by atoms with Crippen molar-refractivity contribution < 1.29 is 5.11 Å². The molecule has 2 aromatic carbocycles. The van der Waals surface area contributed by atoms with Gasteiger partial charge < -0.3 is 5.11 Å². The van der Waals surface area contributed by atoms with Crippen LogP contribution in [-0.2, 0) is 6.61 Å². The lowest BCUT2D eigenvalue weighted by atomic mass is 10.0. The monoisotopic (exact) mass is 307 g/mol. The molecule has 0 saturated carbocycles. The quantitative estimate of drug-likeness (QED) is 0.803. The van der Waals surface area contributed by atoms with E-state index in [1.54, 1.807) is 0 Å². The van der Waals surface area contributed by atoms with Crippen molar-refractivity contribution in [3.05, 3.63) is 64.3 Å². The molecule has 4 nitrogen and oxygen atoms in total. The second kappa shape index (κ2) is 5.97. The van der Waals surface area contributed by atoms with Gasteiger partial charge in [0.1, 0.15) is 11.4 Å². The van der Waals surface area contributed by atoms with E-state index in [1.165, 1.54) is 11.1 Å². The Balaban J connectivity index is 2.25. The van der Waals surface area contributed by atoms with Gasteiger partial charge in [0.2, 0.25) is 0 Å². The normalized spacial score (nSPS) is 11.0. The second-order valence-electron chi connectivity index (χ2n) is 6.04. The third kappa shape index (κ3) is 2.78. The molecular formula is C19H21N3O. The molecule has 0 spiro atoms. The first kappa shape index (κ1) is 15.4. The molecule has 0 aliphatic rings. The van der Waals surface area contributed by atoms with Crippen LogP contribution in [0.4, 0.5) is 0 Å². The van der Waals surface area contributed by atoms with Gasteiger partial charge in [-0.2, -0.15) is 0 Å². The van der Waals surface area contributed by atoms with Gasteiger partial charge in [0.15, 0.2) is 0 Å². The van der Waals surface area contributed by atoms with E-state index >= 15 is 0 Å². The SMILES string of the molecule is Cc1ccc(C)c(-n2nnc(CO)c2-c2ccc(C)c(C)c2)c1. The van der Waals surface area contributed by atoms with E-state index < -0.39 is 0 Å². The molecular weight excluding hydrogens is 286 g/mol. The summed E-state index contributed by atoms with van der Waals surface area (Å²) in [4.78, 5) is 0. The summed E-state index contributed by atoms with van der Waals surface area (Å²) in [6, 6.07) is 12.5. The zero-order valence-corrected chi connectivity index (χ0v) is 14.0. The van der Waals surface area contributed by atoms with Crippen molar-refractivity contribution in [2.75, 3.05) is 0 Å². The van der Waals surface area contributed by atoms with Crippen molar-refractivity contribution >= 4 is 0 Å². The van der Waals surface area contributed by atoms with Gasteiger partial charge >= 0.3 is 0 Å². The van der Waals surface area contributed by atoms with Crippen LogP contribution in [0.2, 0.25) is 0 Å². The molecule has 0 unspecified atom stereocenters. The molecule has 0 saturated heterocycles. The zero-order chi connectivity index (χ0) is 16.6. The highest BCUT2D eigenvalue weighted by molar-refractivity contribution is 5.66. The molecule has 23 heavy (non-hydrogen) atoms. The summed E-state index contributed by atoms with van der Waals surface area (Å²) in [7, 11) is 0. The standard InChI is InChI=1S/C19H21N3O/c1-12-5-6-14(3)18(9-12)22-19(17(11-23)20-21-22)16-8-7-13(2)15(4)10-16/h5-10,23H,11H2,1-4H3. The number of aryl methyl sites for hydroxylation is 4. The number of benzene rings is 2. The highest BCUT2D eigenvalue weighted by Gasteiger charge is 2.17. The Bertz CT molecular complexity index is 865. The van der Waals surface area contributed by atoms with Gasteiger partial charge in [0.05, 0.1) is 12.3 Å². The Morgan fingerprint density at radius 2 is 1.65 bits per heavy atom. The Morgan fingerprint density at radius 1 is 0.913 bits per heavy atom. The molecule has 0 amide bonds. The lowest BCUT2D eigenvalue weighted by Crippen LogP contribution is -2.03. The van der Waals surface area contributed by atoms with E-state index in [0.29, 0.717) is 5.69 Å². The predicted molar refractivity (Wildman–Crippen MR) is 91.7 cm³/mol. The van der Waals surface area contributed by atoms with Crippen LogP contribution in [0.15, 0.2) is 36.4 Å². The Hall–Kier alpha value is -2.46. The van der Waals surface area contributed by atoms with Crippen LogP contribution in [-0.4, -0.2) is 20.1 Å². The maximum Gasteiger partial charge on any atom is 0.117 e. The Morgan fingerprint density at radius 3 is 2.35 bits per heavy atom. The number of aliphatic hydroxyl groups is 1. The van der Waals surface area contributed by atoms with Crippen molar-refractivity contribution in [1.29, 1.82) is 0 Å². The number of rotatable bonds is 3. The summed E-state index contributed by atoms with van der Waals surface area (Å²) in [6.07, 6.45) is 0. The molecule has 0 bridgehead atoms. The molecule has 0 aliphatic carbocycles. The summed E-state index contributed by atoms with van der Waals surface area (Å²) in [5.41, 5.74) is 8.19. The molecule has 1 heterocycles. The Kier molecular flexibility index (Phi) is 4.01. The average molecular weight is 307 g/mol. The van der Waals surface area contributed by atoms with Crippen molar-refractivity contribution in [2.24, 2.45) is 0 Å². The first-order valence-electron chi connectivity index (χ1n) is 7.72. The second-order valence-corrected chi connectivity index (χ2v) is 6.04. The lowest BCUT2D eigenvalue weighted by Gasteiger charge is -2.12. The van der Waals surface area contributed by atoms with E-state index in [9.17, 15) is 5.11 Å². The first-order chi connectivity index (χ1) is 11.0. The van der Waals surface area contributed by atoms with Crippen LogP contribution >= 0.6 is 0 Å². The van der Waals surface area contributed by atoms with Gasteiger partial charge in [0.25, 0.3) is 0 Å². The first-order valence-corrected chi connectivity index (χ1v) is 7.72. The number of aliphatic hydroxyl groups excluding tert-OH is 1. The van der Waals surface area contributed by atoms with Crippen molar-refractivity contribution in [3.63, 3.8) is 0 Å². The smallest absolute Gasteiger partial charge is 0.117 e. The molecule has 1 aromatic heterocycles. The van der Waals surface area contributed by atoms with E-state index in [0.717, 1.165) is 28.1 Å². The molecule has 1 N–H and O–H groups in total. The molecule has 0 aliphatic heterocycles. The van der Waals surface area contributed by atoms with E-state index in [2.05, 4.69) is 74.4 Å². The maximum absolute atomic E-state index is 9.67. The molecule has 3 aromatic rings. The van der Waals surface area contributed by atoms with Crippen LogP contribution in [0.5, 0.6) is 0 Å². The maximum atomic E-state index is 9.67. The van der Waals surface area contributed by atoms with Crippen molar-refractivity contribution in [2.45, 2.75) is 34.3 Å². The third-order valence-corrected chi connectivity index (χ3v) is 4.26. The summed E-state index contributed by atoms with van der Waals surface area (Å²) in [5.74, 6) is 0. The molecule has 4 heteroatoms. The molecule has 3 rings (SSSR count). The van der Waals surface area contributed by atoms with E-state index in [1.807, 2.05) is 4.68 Å². The van der Waals surface area contributed by atoms with Crippen molar-refractivity contribution in [1.82, 2.24) is 15.0 Å².